The highest BCUT2D eigenvalue weighted by atomic mass is 16.5. The van der Waals surface area contributed by atoms with Crippen molar-refractivity contribution < 1.29 is 4.74 Å². The van der Waals surface area contributed by atoms with Gasteiger partial charge in [0.25, 0.3) is 0 Å². The molecule has 0 amide bonds. The van der Waals surface area contributed by atoms with Gasteiger partial charge in [0, 0.05) is 0 Å². The van der Waals surface area contributed by atoms with Crippen LogP contribution in [0, 0.1) is 11.3 Å². The number of nitrogens with zero attached hydrogens (tertiary/aromatic N) is 1. The molecule has 1 aromatic rings. The highest BCUT2D eigenvalue weighted by molar-refractivity contribution is 5.28. The van der Waals surface area contributed by atoms with Crippen LogP contribution in [-0.4, -0.2) is 6.61 Å². The van der Waals surface area contributed by atoms with Gasteiger partial charge in [0.1, 0.15) is 11.8 Å². The first-order chi connectivity index (χ1) is 8.36. The molecule has 2 heteroatoms. The highest BCUT2D eigenvalue weighted by Crippen LogP contribution is 2.15. The van der Waals surface area contributed by atoms with E-state index in [0.29, 0.717) is 0 Å². The van der Waals surface area contributed by atoms with E-state index in [1.54, 1.807) is 0 Å². The third-order valence-electron chi connectivity index (χ3n) is 2.77. The van der Waals surface area contributed by atoms with Crippen LogP contribution in [0.25, 0.3) is 0 Å². The Kier molecular flexibility index (Phi) is 6.90. The van der Waals surface area contributed by atoms with Gasteiger partial charge in [-0.3, -0.25) is 0 Å². The zero-order valence-corrected chi connectivity index (χ0v) is 10.6. The van der Waals surface area contributed by atoms with Crippen molar-refractivity contribution in [2.24, 2.45) is 0 Å². The molecular formula is C15H21NO. The Hall–Kier alpha value is -1.49. The van der Waals surface area contributed by atoms with E-state index >= 15 is 0 Å². The summed E-state index contributed by atoms with van der Waals surface area (Å²) >= 11 is 0. The van der Waals surface area contributed by atoms with Crippen molar-refractivity contribution in [2.45, 2.75) is 45.4 Å². The number of rotatable bonds is 8. The Bertz CT molecular complexity index is 354. The number of ether oxygens (including phenoxy) is 1. The monoisotopic (exact) mass is 231 g/mol. The molecule has 0 spiro atoms. The number of benzene rings is 1. The summed E-state index contributed by atoms with van der Waals surface area (Å²) in [7, 11) is 0. The molecular weight excluding hydrogens is 210 g/mol. The molecule has 0 unspecified atom stereocenters. The van der Waals surface area contributed by atoms with Crippen molar-refractivity contribution in [2.75, 3.05) is 6.61 Å². The van der Waals surface area contributed by atoms with Crippen molar-refractivity contribution in [3.8, 4) is 11.8 Å². The van der Waals surface area contributed by atoms with Crippen LogP contribution < -0.4 is 4.74 Å². The summed E-state index contributed by atoms with van der Waals surface area (Å²) in [5.41, 5.74) is 1.30. The minimum atomic E-state index is 0.125. The Morgan fingerprint density at radius 1 is 1.18 bits per heavy atom. The maximum atomic E-state index is 8.45. The summed E-state index contributed by atoms with van der Waals surface area (Å²) in [5.74, 6) is 0.803. The Balaban J connectivity index is 2.30. The van der Waals surface area contributed by atoms with Gasteiger partial charge < -0.3 is 4.74 Å². The second kappa shape index (κ2) is 8.64. The summed E-state index contributed by atoms with van der Waals surface area (Å²) in [6.07, 6.45) is 7.61. The smallest absolute Gasteiger partial charge is 0.174 e. The molecule has 0 atom stereocenters. The molecule has 92 valence electrons. The van der Waals surface area contributed by atoms with Crippen LogP contribution in [0.4, 0.5) is 0 Å². The van der Waals surface area contributed by atoms with E-state index < -0.39 is 0 Å². The van der Waals surface area contributed by atoms with E-state index in [2.05, 4.69) is 13.0 Å². The molecule has 17 heavy (non-hydrogen) atoms. The zero-order valence-electron chi connectivity index (χ0n) is 10.6. The third-order valence-corrected chi connectivity index (χ3v) is 2.77. The SMILES string of the molecule is CCCCCCCc1cccc(OCC#N)c1. The second-order valence-corrected chi connectivity index (χ2v) is 4.26. The van der Waals surface area contributed by atoms with Crippen molar-refractivity contribution in [3.05, 3.63) is 29.8 Å². The largest absolute Gasteiger partial charge is 0.479 e. The summed E-state index contributed by atoms with van der Waals surface area (Å²) in [5, 5.41) is 8.45. The van der Waals surface area contributed by atoms with Gasteiger partial charge >= 0.3 is 0 Å². The van der Waals surface area contributed by atoms with Crippen LogP contribution in [0.3, 0.4) is 0 Å². The fraction of sp³-hybridized carbons (Fsp3) is 0.533. The van der Waals surface area contributed by atoms with Crippen LogP contribution in [-0.2, 0) is 6.42 Å². The number of aryl methyl sites for hydroxylation is 1. The van der Waals surface area contributed by atoms with Crippen LogP contribution in [0.2, 0.25) is 0 Å². The van der Waals surface area contributed by atoms with E-state index in [9.17, 15) is 0 Å². The standard InChI is InChI=1S/C15H21NO/c1-2-3-4-5-6-8-14-9-7-10-15(13-14)17-12-11-16/h7,9-10,13H,2-6,8,12H2,1H3. The van der Waals surface area contributed by atoms with Crippen LogP contribution >= 0.6 is 0 Å². The molecule has 0 heterocycles. The number of hydrogen-bond donors (Lipinski definition) is 0. The van der Waals surface area contributed by atoms with E-state index in [1.165, 1.54) is 37.7 Å². The van der Waals surface area contributed by atoms with Crippen molar-refractivity contribution >= 4 is 0 Å². The molecule has 2 nitrogen and oxygen atoms in total. The van der Waals surface area contributed by atoms with Crippen molar-refractivity contribution in [1.82, 2.24) is 0 Å². The summed E-state index contributed by atoms with van der Waals surface area (Å²) in [4.78, 5) is 0. The Morgan fingerprint density at radius 3 is 2.76 bits per heavy atom. The Labute approximate surface area is 104 Å². The first-order valence-electron chi connectivity index (χ1n) is 6.45. The lowest BCUT2D eigenvalue weighted by Gasteiger charge is -2.05. The average Bonchev–Trinajstić information content (AvgIpc) is 2.37. The molecule has 1 rings (SSSR count). The number of unbranched alkanes of at least 4 members (excludes halogenated alkanes) is 4. The molecule has 0 aliphatic heterocycles. The third kappa shape index (κ3) is 5.97. The summed E-state index contributed by atoms with van der Waals surface area (Å²) < 4.78 is 5.28. The normalized spacial score (nSPS) is 9.88. The molecule has 0 aliphatic rings. The van der Waals surface area contributed by atoms with Gasteiger partial charge in [-0.05, 0) is 30.5 Å². The second-order valence-electron chi connectivity index (χ2n) is 4.26. The molecule has 0 bridgehead atoms. The molecule has 0 aliphatic carbocycles. The van der Waals surface area contributed by atoms with E-state index in [-0.39, 0.29) is 6.61 Å². The van der Waals surface area contributed by atoms with Gasteiger partial charge in [0.15, 0.2) is 6.61 Å². The van der Waals surface area contributed by atoms with Gasteiger partial charge in [0.2, 0.25) is 0 Å². The van der Waals surface area contributed by atoms with Crippen molar-refractivity contribution in [1.29, 1.82) is 5.26 Å². The predicted molar refractivity (Wildman–Crippen MR) is 70.0 cm³/mol. The van der Waals surface area contributed by atoms with Gasteiger partial charge in [-0.15, -0.1) is 0 Å². The van der Waals surface area contributed by atoms with E-state index in [1.807, 2.05) is 24.3 Å². The van der Waals surface area contributed by atoms with Gasteiger partial charge in [-0.2, -0.15) is 5.26 Å². The molecule has 0 N–H and O–H groups in total. The first-order valence-corrected chi connectivity index (χ1v) is 6.45. The molecule has 0 fully saturated rings. The summed E-state index contributed by atoms with van der Waals surface area (Å²) in [6.45, 7) is 2.36. The first kappa shape index (κ1) is 13.6. The van der Waals surface area contributed by atoms with E-state index in [4.69, 9.17) is 10.00 Å². The lowest BCUT2D eigenvalue weighted by molar-refractivity contribution is 0.367. The van der Waals surface area contributed by atoms with Gasteiger partial charge in [0.05, 0.1) is 0 Å². The molecule has 0 saturated carbocycles. The van der Waals surface area contributed by atoms with Crippen LogP contribution in [0.5, 0.6) is 5.75 Å². The predicted octanol–water partition coefficient (Wildman–Crippen LogP) is 4.10. The molecule has 0 saturated heterocycles. The summed E-state index contributed by atoms with van der Waals surface area (Å²) in [6, 6.07) is 10.0. The minimum absolute atomic E-state index is 0.125. The maximum Gasteiger partial charge on any atom is 0.174 e. The molecule has 1 aromatic carbocycles. The highest BCUT2D eigenvalue weighted by Gasteiger charge is 1.97. The quantitative estimate of drug-likeness (QED) is 0.631. The maximum absolute atomic E-state index is 8.45. The lowest BCUT2D eigenvalue weighted by Crippen LogP contribution is -1.94. The fourth-order valence-corrected chi connectivity index (χ4v) is 1.84. The Morgan fingerprint density at radius 2 is 2.00 bits per heavy atom. The number of nitriles is 1. The average molecular weight is 231 g/mol. The topological polar surface area (TPSA) is 33.0 Å². The van der Waals surface area contributed by atoms with E-state index in [0.717, 1.165) is 12.2 Å². The van der Waals surface area contributed by atoms with Crippen LogP contribution in [0.1, 0.15) is 44.6 Å². The van der Waals surface area contributed by atoms with Crippen LogP contribution in [0.15, 0.2) is 24.3 Å². The zero-order chi connectivity index (χ0) is 12.3. The van der Waals surface area contributed by atoms with Crippen molar-refractivity contribution in [3.63, 3.8) is 0 Å². The van der Waals surface area contributed by atoms with Gasteiger partial charge in [-0.25, -0.2) is 0 Å². The molecule has 0 aromatic heterocycles. The lowest BCUT2D eigenvalue weighted by atomic mass is 10.1. The number of hydrogen-bond acceptors (Lipinski definition) is 2. The minimum Gasteiger partial charge on any atom is -0.479 e. The van der Waals surface area contributed by atoms with Gasteiger partial charge in [-0.1, -0.05) is 44.7 Å². The molecule has 0 radical (unpaired) electrons. The fourth-order valence-electron chi connectivity index (χ4n) is 1.84.